The zero-order valence-electron chi connectivity index (χ0n) is 16.8. The standard InChI is InChI=1S/C21H24N2O5S/c1-4-15-13(2)19(14-7-5-6-8-16(14)22-15)21(26)28-12-18(24)23-9-10-29-17(11-23)20(25)27-3/h5-8,17H,4,9-12H2,1-3H3/t17-/m0/s1. The van der Waals surface area contributed by atoms with E-state index in [-0.39, 0.29) is 25.0 Å². The number of fused-ring (bicyclic) bond motifs is 1. The minimum atomic E-state index is -0.542. The highest BCUT2D eigenvalue weighted by Gasteiger charge is 2.30. The maximum Gasteiger partial charge on any atom is 0.339 e. The van der Waals surface area contributed by atoms with E-state index in [0.717, 1.165) is 16.8 Å². The zero-order valence-corrected chi connectivity index (χ0v) is 17.6. The Morgan fingerprint density at radius 1 is 1.28 bits per heavy atom. The number of carbonyl (C=O) groups is 3. The molecule has 1 aromatic carbocycles. The number of carbonyl (C=O) groups excluding carboxylic acids is 3. The molecule has 0 spiro atoms. The predicted molar refractivity (Wildman–Crippen MR) is 111 cm³/mol. The number of esters is 2. The molecule has 1 aromatic heterocycles. The third-order valence-electron chi connectivity index (χ3n) is 4.99. The smallest absolute Gasteiger partial charge is 0.339 e. The van der Waals surface area contributed by atoms with E-state index in [1.165, 1.54) is 18.9 Å². The summed E-state index contributed by atoms with van der Waals surface area (Å²) in [5.41, 5.74) is 2.77. The van der Waals surface area contributed by atoms with Gasteiger partial charge in [0.25, 0.3) is 5.91 Å². The van der Waals surface area contributed by atoms with Crippen LogP contribution in [0.15, 0.2) is 24.3 Å². The number of ether oxygens (including phenoxy) is 2. The van der Waals surface area contributed by atoms with Crippen molar-refractivity contribution < 1.29 is 23.9 Å². The van der Waals surface area contributed by atoms with Crippen molar-refractivity contribution in [1.29, 1.82) is 0 Å². The molecule has 1 atom stereocenters. The molecule has 1 amide bonds. The van der Waals surface area contributed by atoms with Gasteiger partial charge in [0.2, 0.25) is 0 Å². The first-order valence-electron chi connectivity index (χ1n) is 9.48. The number of hydrogen-bond acceptors (Lipinski definition) is 7. The van der Waals surface area contributed by atoms with E-state index in [1.54, 1.807) is 4.90 Å². The van der Waals surface area contributed by atoms with Crippen molar-refractivity contribution in [2.45, 2.75) is 25.5 Å². The van der Waals surface area contributed by atoms with Crippen molar-refractivity contribution >= 4 is 40.5 Å². The van der Waals surface area contributed by atoms with E-state index >= 15 is 0 Å². The molecule has 1 saturated heterocycles. The zero-order chi connectivity index (χ0) is 21.0. The summed E-state index contributed by atoms with van der Waals surface area (Å²) in [5, 5.41) is 0.298. The fraction of sp³-hybridized carbons (Fsp3) is 0.429. The summed E-state index contributed by atoms with van der Waals surface area (Å²) in [6.45, 7) is 4.22. The van der Waals surface area contributed by atoms with E-state index in [1.807, 2.05) is 38.1 Å². The number of hydrogen-bond donors (Lipinski definition) is 0. The largest absolute Gasteiger partial charge is 0.468 e. The summed E-state index contributed by atoms with van der Waals surface area (Å²) in [6.07, 6.45) is 0.691. The van der Waals surface area contributed by atoms with E-state index in [9.17, 15) is 14.4 Å². The number of aryl methyl sites for hydroxylation is 1. The van der Waals surface area contributed by atoms with Gasteiger partial charge in [0.15, 0.2) is 6.61 Å². The molecule has 7 nitrogen and oxygen atoms in total. The number of thioether (sulfide) groups is 1. The fourth-order valence-corrected chi connectivity index (χ4v) is 4.53. The molecule has 0 radical (unpaired) electrons. The fourth-order valence-electron chi connectivity index (χ4n) is 3.41. The van der Waals surface area contributed by atoms with Crippen molar-refractivity contribution in [3.05, 3.63) is 41.1 Å². The molecule has 1 fully saturated rings. The first kappa shape index (κ1) is 21.1. The van der Waals surface area contributed by atoms with Crippen LogP contribution in [0.5, 0.6) is 0 Å². The van der Waals surface area contributed by atoms with Crippen LogP contribution in [0, 0.1) is 6.92 Å². The van der Waals surface area contributed by atoms with Crippen molar-refractivity contribution in [1.82, 2.24) is 9.88 Å². The van der Waals surface area contributed by atoms with Crippen molar-refractivity contribution in [3.8, 4) is 0 Å². The monoisotopic (exact) mass is 416 g/mol. The lowest BCUT2D eigenvalue weighted by Gasteiger charge is -2.30. The predicted octanol–water partition coefficient (Wildman–Crippen LogP) is 2.38. The average Bonchev–Trinajstić information content (AvgIpc) is 2.76. The van der Waals surface area contributed by atoms with Crippen molar-refractivity contribution in [2.75, 3.05) is 32.6 Å². The van der Waals surface area contributed by atoms with Gasteiger partial charge in [0.1, 0.15) is 5.25 Å². The minimum Gasteiger partial charge on any atom is -0.468 e. The van der Waals surface area contributed by atoms with Crippen molar-refractivity contribution in [3.63, 3.8) is 0 Å². The highest BCUT2D eigenvalue weighted by atomic mass is 32.2. The molecule has 8 heteroatoms. The van der Waals surface area contributed by atoms with E-state index in [4.69, 9.17) is 9.47 Å². The Bertz CT molecular complexity index is 946. The summed E-state index contributed by atoms with van der Waals surface area (Å²) in [6, 6.07) is 7.40. The van der Waals surface area contributed by atoms with Crippen LogP contribution in [0.3, 0.4) is 0 Å². The van der Waals surface area contributed by atoms with Gasteiger partial charge in [-0.2, -0.15) is 0 Å². The van der Waals surface area contributed by atoms with Gasteiger partial charge in [-0.05, 0) is 25.0 Å². The van der Waals surface area contributed by atoms with Gasteiger partial charge in [-0.15, -0.1) is 11.8 Å². The number of aromatic nitrogens is 1. The van der Waals surface area contributed by atoms with Crippen molar-refractivity contribution in [2.24, 2.45) is 0 Å². The molecular formula is C21H24N2O5S. The Morgan fingerprint density at radius 3 is 2.76 bits per heavy atom. The van der Waals surface area contributed by atoms with Crippen LogP contribution in [-0.4, -0.2) is 65.5 Å². The van der Waals surface area contributed by atoms with Crippen LogP contribution in [0.1, 0.15) is 28.5 Å². The normalized spacial score (nSPS) is 16.5. The molecule has 29 heavy (non-hydrogen) atoms. The molecule has 3 rings (SSSR count). The molecule has 2 aromatic rings. The third-order valence-corrected chi connectivity index (χ3v) is 6.15. The number of pyridine rings is 1. The first-order valence-corrected chi connectivity index (χ1v) is 10.5. The SMILES string of the molecule is CCc1nc2ccccc2c(C(=O)OCC(=O)N2CCS[C@H](C(=O)OC)C2)c1C. The van der Waals surface area contributed by atoms with E-state index in [0.29, 0.717) is 29.7 Å². The molecule has 0 bridgehead atoms. The Labute approximate surface area is 173 Å². The van der Waals surface area contributed by atoms with Crippen LogP contribution in [0.25, 0.3) is 10.9 Å². The maximum atomic E-state index is 12.9. The Balaban J connectivity index is 1.73. The van der Waals surface area contributed by atoms with Crippen LogP contribution in [0.4, 0.5) is 0 Å². The second-order valence-corrected chi connectivity index (χ2v) is 8.04. The molecule has 0 unspecified atom stereocenters. The highest BCUT2D eigenvalue weighted by molar-refractivity contribution is 8.00. The lowest BCUT2D eigenvalue weighted by molar-refractivity contribution is -0.141. The second kappa shape index (κ2) is 9.26. The lowest BCUT2D eigenvalue weighted by atomic mass is 10.0. The summed E-state index contributed by atoms with van der Waals surface area (Å²) >= 11 is 1.46. The molecule has 0 N–H and O–H groups in total. The van der Waals surface area contributed by atoms with Gasteiger partial charge < -0.3 is 14.4 Å². The number of para-hydroxylation sites is 1. The molecule has 0 saturated carbocycles. The maximum absolute atomic E-state index is 12.9. The highest BCUT2D eigenvalue weighted by Crippen LogP contribution is 2.25. The number of amides is 1. The van der Waals surface area contributed by atoms with Gasteiger partial charge in [-0.25, -0.2) is 4.79 Å². The van der Waals surface area contributed by atoms with Gasteiger partial charge >= 0.3 is 11.9 Å². The van der Waals surface area contributed by atoms with Crippen LogP contribution in [0.2, 0.25) is 0 Å². The Kier molecular flexibility index (Phi) is 6.74. The van der Waals surface area contributed by atoms with Crippen LogP contribution >= 0.6 is 11.8 Å². The van der Waals surface area contributed by atoms with Crippen LogP contribution in [-0.2, 0) is 25.5 Å². The van der Waals surface area contributed by atoms with E-state index < -0.39 is 11.2 Å². The van der Waals surface area contributed by atoms with Gasteiger partial charge in [0, 0.05) is 29.9 Å². The van der Waals surface area contributed by atoms with Gasteiger partial charge in [-0.1, -0.05) is 25.1 Å². The number of methoxy groups -OCH3 is 1. The molecule has 2 heterocycles. The van der Waals surface area contributed by atoms with Crippen LogP contribution < -0.4 is 0 Å². The summed E-state index contributed by atoms with van der Waals surface area (Å²) in [4.78, 5) is 43.3. The summed E-state index contributed by atoms with van der Waals surface area (Å²) < 4.78 is 10.1. The minimum absolute atomic E-state index is 0.255. The molecule has 1 aliphatic heterocycles. The quantitative estimate of drug-likeness (QED) is 0.692. The molecule has 1 aliphatic rings. The average molecular weight is 416 g/mol. The lowest BCUT2D eigenvalue weighted by Crippen LogP contribution is -2.46. The second-order valence-electron chi connectivity index (χ2n) is 6.73. The molecule has 154 valence electrons. The van der Waals surface area contributed by atoms with Gasteiger partial charge in [0.05, 0.1) is 18.2 Å². The Hall–Kier alpha value is -2.61. The molecular weight excluding hydrogens is 392 g/mol. The Morgan fingerprint density at radius 2 is 2.03 bits per heavy atom. The summed E-state index contributed by atoms with van der Waals surface area (Å²) in [7, 11) is 1.33. The van der Waals surface area contributed by atoms with E-state index in [2.05, 4.69) is 4.98 Å². The number of benzene rings is 1. The summed E-state index contributed by atoms with van der Waals surface area (Å²) in [5.74, 6) is -0.581. The number of nitrogens with zero attached hydrogens (tertiary/aromatic N) is 2. The first-order chi connectivity index (χ1) is 14.0. The topological polar surface area (TPSA) is 85.8 Å². The van der Waals surface area contributed by atoms with Gasteiger partial charge in [-0.3, -0.25) is 14.6 Å². The number of rotatable bonds is 5. The molecule has 0 aliphatic carbocycles. The third kappa shape index (κ3) is 4.53.